The molecule has 1 atom stereocenters. The molecule has 3 aromatic carbocycles. The average molecular weight is 481 g/mol. The Labute approximate surface area is 202 Å². The number of carbonyl (C=O) groups excluding carboxylic acids is 1. The third-order valence-electron chi connectivity index (χ3n) is 5.93. The average Bonchev–Trinajstić information content (AvgIpc) is 2.84. The molecule has 0 aliphatic carbocycles. The van der Waals surface area contributed by atoms with Crippen LogP contribution in [0.4, 0.5) is 5.69 Å². The lowest BCUT2D eigenvalue weighted by molar-refractivity contribution is -0.117. The first-order chi connectivity index (χ1) is 16.1. The zero-order chi connectivity index (χ0) is 24.9. The number of amides is 1. The van der Waals surface area contributed by atoms with Crippen LogP contribution < -0.4 is 10.1 Å². The highest BCUT2D eigenvalue weighted by Gasteiger charge is 2.31. The molecule has 0 saturated carbocycles. The van der Waals surface area contributed by atoms with Crippen LogP contribution in [0.25, 0.3) is 0 Å². The zero-order valence-corrected chi connectivity index (χ0v) is 21.1. The molecule has 0 aliphatic rings. The van der Waals surface area contributed by atoms with Crippen LogP contribution in [0, 0.1) is 6.92 Å². The van der Waals surface area contributed by atoms with Crippen molar-refractivity contribution >= 4 is 21.6 Å². The molecule has 180 valence electrons. The Morgan fingerprint density at radius 1 is 0.971 bits per heavy atom. The van der Waals surface area contributed by atoms with Crippen molar-refractivity contribution in [1.82, 2.24) is 4.31 Å². The SMILES string of the molecule is COc1ccc([C@@H](CC(=O)Nc2c(C)cccc2C(C)C)N(C)S(=O)(=O)c2ccccc2)cc1. The monoisotopic (exact) mass is 480 g/mol. The van der Waals surface area contributed by atoms with Gasteiger partial charge >= 0.3 is 0 Å². The Hall–Kier alpha value is -3.16. The third kappa shape index (κ3) is 5.66. The fraction of sp³-hybridized carbons (Fsp3) is 0.296. The van der Waals surface area contributed by atoms with Crippen molar-refractivity contribution < 1.29 is 17.9 Å². The maximum Gasteiger partial charge on any atom is 0.243 e. The first-order valence-electron chi connectivity index (χ1n) is 11.2. The van der Waals surface area contributed by atoms with E-state index in [0.717, 1.165) is 16.8 Å². The maximum absolute atomic E-state index is 13.4. The summed E-state index contributed by atoms with van der Waals surface area (Å²) in [6, 6.07) is 20.6. The van der Waals surface area contributed by atoms with Gasteiger partial charge in [-0.3, -0.25) is 4.79 Å². The normalized spacial score (nSPS) is 12.6. The summed E-state index contributed by atoms with van der Waals surface area (Å²) in [4.78, 5) is 13.4. The van der Waals surface area contributed by atoms with E-state index >= 15 is 0 Å². The number of hydrogen-bond donors (Lipinski definition) is 1. The van der Waals surface area contributed by atoms with E-state index < -0.39 is 16.1 Å². The molecule has 0 saturated heterocycles. The van der Waals surface area contributed by atoms with E-state index in [1.807, 2.05) is 25.1 Å². The molecule has 0 aromatic heterocycles. The molecule has 7 heteroatoms. The molecule has 0 fully saturated rings. The summed E-state index contributed by atoms with van der Waals surface area (Å²) in [7, 11) is -0.747. The van der Waals surface area contributed by atoms with Gasteiger partial charge in [-0.25, -0.2) is 8.42 Å². The van der Waals surface area contributed by atoms with Crippen LogP contribution in [-0.4, -0.2) is 32.8 Å². The number of anilines is 1. The van der Waals surface area contributed by atoms with Gasteiger partial charge in [0.05, 0.1) is 18.0 Å². The second-order valence-electron chi connectivity index (χ2n) is 8.57. The van der Waals surface area contributed by atoms with Crippen LogP contribution in [0.5, 0.6) is 5.75 Å². The van der Waals surface area contributed by atoms with Gasteiger partial charge in [0, 0.05) is 19.2 Å². The minimum Gasteiger partial charge on any atom is -0.497 e. The summed E-state index contributed by atoms with van der Waals surface area (Å²) in [5, 5.41) is 3.04. The second kappa shape index (κ2) is 10.8. The number of ether oxygens (including phenoxy) is 1. The Bertz CT molecular complexity index is 1220. The lowest BCUT2D eigenvalue weighted by Crippen LogP contribution is -2.34. The highest BCUT2D eigenvalue weighted by atomic mass is 32.2. The van der Waals surface area contributed by atoms with E-state index in [2.05, 4.69) is 19.2 Å². The first-order valence-corrected chi connectivity index (χ1v) is 12.7. The van der Waals surface area contributed by atoms with Crippen molar-refractivity contribution in [2.24, 2.45) is 0 Å². The third-order valence-corrected chi connectivity index (χ3v) is 7.81. The number of hydrogen-bond acceptors (Lipinski definition) is 4. The molecule has 6 nitrogen and oxygen atoms in total. The van der Waals surface area contributed by atoms with Crippen molar-refractivity contribution in [3.63, 3.8) is 0 Å². The second-order valence-corrected chi connectivity index (χ2v) is 10.6. The van der Waals surface area contributed by atoms with Crippen molar-refractivity contribution in [2.45, 2.75) is 44.0 Å². The largest absolute Gasteiger partial charge is 0.497 e. The van der Waals surface area contributed by atoms with Gasteiger partial charge in [0.1, 0.15) is 5.75 Å². The summed E-state index contributed by atoms with van der Waals surface area (Å²) in [5.74, 6) is 0.628. The first kappa shape index (κ1) is 25.5. The molecular weight excluding hydrogens is 448 g/mol. The Balaban J connectivity index is 1.96. The lowest BCUT2D eigenvalue weighted by atomic mass is 9.97. The molecule has 0 bridgehead atoms. The molecule has 3 rings (SSSR count). The predicted octanol–water partition coefficient (Wildman–Crippen LogP) is 5.52. The minimum atomic E-state index is -3.83. The minimum absolute atomic E-state index is 0.0409. The van der Waals surface area contributed by atoms with Crippen LogP contribution >= 0.6 is 0 Å². The molecule has 1 amide bonds. The molecule has 0 aliphatic heterocycles. The smallest absolute Gasteiger partial charge is 0.243 e. The van der Waals surface area contributed by atoms with Crippen molar-refractivity contribution in [2.75, 3.05) is 19.5 Å². The molecular formula is C27H32N2O4S. The number of para-hydroxylation sites is 1. The number of nitrogens with one attached hydrogen (secondary N) is 1. The van der Waals surface area contributed by atoms with Gasteiger partial charge < -0.3 is 10.1 Å². The number of rotatable bonds is 9. The van der Waals surface area contributed by atoms with Gasteiger partial charge in [-0.1, -0.05) is 62.4 Å². The Kier molecular flexibility index (Phi) is 8.12. The van der Waals surface area contributed by atoms with Gasteiger partial charge in [-0.05, 0) is 53.8 Å². The van der Waals surface area contributed by atoms with Crippen LogP contribution in [0.2, 0.25) is 0 Å². The summed E-state index contributed by atoms with van der Waals surface area (Å²) in [6.07, 6.45) is -0.0409. The predicted molar refractivity (Wildman–Crippen MR) is 136 cm³/mol. The lowest BCUT2D eigenvalue weighted by Gasteiger charge is -2.28. The number of sulfonamides is 1. The molecule has 3 aromatic rings. The van der Waals surface area contributed by atoms with Crippen LogP contribution in [0.3, 0.4) is 0 Å². The van der Waals surface area contributed by atoms with Crippen molar-refractivity contribution in [3.05, 3.63) is 89.5 Å². The number of benzene rings is 3. The molecule has 0 unspecified atom stereocenters. The maximum atomic E-state index is 13.4. The molecule has 1 N–H and O–H groups in total. The van der Waals surface area contributed by atoms with Gasteiger partial charge in [0.25, 0.3) is 0 Å². The summed E-state index contributed by atoms with van der Waals surface area (Å²) in [5.41, 5.74) is 3.49. The Morgan fingerprint density at radius 3 is 2.21 bits per heavy atom. The summed E-state index contributed by atoms with van der Waals surface area (Å²) in [6.45, 7) is 6.10. The van der Waals surface area contributed by atoms with Crippen molar-refractivity contribution in [1.29, 1.82) is 0 Å². The number of methoxy groups -OCH3 is 1. The van der Waals surface area contributed by atoms with Crippen molar-refractivity contribution in [3.8, 4) is 5.75 Å². The molecule has 0 heterocycles. The highest BCUT2D eigenvalue weighted by Crippen LogP contribution is 2.32. The zero-order valence-electron chi connectivity index (χ0n) is 20.3. The van der Waals surface area contributed by atoms with E-state index in [0.29, 0.717) is 11.3 Å². The molecule has 34 heavy (non-hydrogen) atoms. The summed E-state index contributed by atoms with van der Waals surface area (Å²) < 4.78 is 33.3. The Morgan fingerprint density at radius 2 is 1.62 bits per heavy atom. The quantitative estimate of drug-likeness (QED) is 0.438. The standard InChI is InChI=1S/C27H32N2O4S/c1-19(2)24-13-9-10-20(3)27(24)28-26(30)18-25(21-14-16-22(33-5)17-15-21)29(4)34(31,32)23-11-7-6-8-12-23/h6-17,19,25H,18H2,1-5H3,(H,28,30)/t25-/m1/s1. The van der Waals surface area contributed by atoms with Gasteiger partial charge in [0.2, 0.25) is 15.9 Å². The fourth-order valence-electron chi connectivity index (χ4n) is 3.92. The van der Waals surface area contributed by atoms with E-state index in [4.69, 9.17) is 4.74 Å². The van der Waals surface area contributed by atoms with Gasteiger partial charge in [-0.15, -0.1) is 0 Å². The molecule has 0 spiro atoms. The van der Waals surface area contributed by atoms with Crippen LogP contribution in [0.15, 0.2) is 77.7 Å². The van der Waals surface area contributed by atoms with Crippen LogP contribution in [-0.2, 0) is 14.8 Å². The number of aryl methyl sites for hydroxylation is 1. The van der Waals surface area contributed by atoms with E-state index in [1.54, 1.807) is 61.7 Å². The fourth-order valence-corrected chi connectivity index (χ4v) is 5.28. The van der Waals surface area contributed by atoms with Gasteiger partial charge in [0.15, 0.2) is 0 Å². The molecule has 0 radical (unpaired) electrons. The van der Waals surface area contributed by atoms with Crippen LogP contribution in [0.1, 0.15) is 48.9 Å². The van der Waals surface area contributed by atoms with E-state index in [1.165, 1.54) is 11.4 Å². The topological polar surface area (TPSA) is 75.7 Å². The van der Waals surface area contributed by atoms with E-state index in [9.17, 15) is 13.2 Å². The highest BCUT2D eigenvalue weighted by molar-refractivity contribution is 7.89. The number of carbonyl (C=O) groups is 1. The summed E-state index contributed by atoms with van der Waals surface area (Å²) >= 11 is 0. The number of nitrogens with zero attached hydrogens (tertiary/aromatic N) is 1. The van der Waals surface area contributed by atoms with E-state index in [-0.39, 0.29) is 23.1 Å². The van der Waals surface area contributed by atoms with Gasteiger partial charge in [-0.2, -0.15) is 4.31 Å².